The summed E-state index contributed by atoms with van der Waals surface area (Å²) in [5, 5.41) is 10.1. The molecule has 1 aromatic rings. The van der Waals surface area contributed by atoms with E-state index in [1.165, 1.54) is 0 Å². The molecule has 2 aliphatic rings. The van der Waals surface area contributed by atoms with Gasteiger partial charge in [-0.05, 0) is 76.6 Å². The maximum absolute atomic E-state index is 13.7. The number of hydrogen-bond donors (Lipinski definition) is 1. The van der Waals surface area contributed by atoms with Crippen molar-refractivity contribution in [2.75, 3.05) is 0 Å². The molecule has 8 heteroatoms. The number of aliphatic hydroxyl groups is 1. The first kappa shape index (κ1) is 22.9. The monoisotopic (exact) mass is 423 g/mol. The van der Waals surface area contributed by atoms with Crippen LogP contribution in [0.1, 0.15) is 74.5 Å². The Morgan fingerprint density at radius 3 is 2.40 bits per heavy atom. The van der Waals surface area contributed by atoms with Gasteiger partial charge in [0.05, 0.1) is 22.3 Å². The number of benzene rings is 1. The van der Waals surface area contributed by atoms with Gasteiger partial charge in [-0.1, -0.05) is 12.1 Å². The Morgan fingerprint density at radius 2 is 1.87 bits per heavy atom. The van der Waals surface area contributed by atoms with Crippen molar-refractivity contribution in [1.82, 2.24) is 4.90 Å². The maximum atomic E-state index is 13.7. The summed E-state index contributed by atoms with van der Waals surface area (Å²) in [5.41, 5.74) is -2.20. The molecule has 0 unspecified atom stereocenters. The van der Waals surface area contributed by atoms with Gasteiger partial charge in [0.2, 0.25) is 0 Å². The molecule has 1 heterocycles. The lowest BCUT2D eigenvalue weighted by molar-refractivity contribution is -0.138. The molecule has 0 radical (unpaired) electrons. The van der Waals surface area contributed by atoms with Crippen LogP contribution in [0.3, 0.4) is 0 Å². The van der Waals surface area contributed by atoms with Crippen LogP contribution in [0.25, 0.3) is 6.08 Å². The maximum Gasteiger partial charge on any atom is 0.417 e. The Morgan fingerprint density at radius 1 is 1.23 bits per heavy atom. The van der Waals surface area contributed by atoms with E-state index in [4.69, 9.17) is 4.65 Å². The van der Waals surface area contributed by atoms with Crippen molar-refractivity contribution in [3.8, 4) is 0 Å². The second kappa shape index (κ2) is 7.72. The quantitative estimate of drug-likeness (QED) is 0.664. The summed E-state index contributed by atoms with van der Waals surface area (Å²) in [4.78, 5) is 14.3. The fourth-order valence-corrected chi connectivity index (χ4v) is 3.60. The van der Waals surface area contributed by atoms with Crippen LogP contribution in [0.2, 0.25) is 0 Å². The number of carbonyl (C=O) groups is 1. The standard InChI is InChI=1S/C22H29BF3NO3/c1-13(15-6-7-15)27-12-16-10-14(8-9-23-30-21(4,5)20(2,3)29)11-17(22(24,25)26)18(16)19(27)28/h8-11,13,15,23,29H,6-7,12H2,1-5H3/b9-8+/t13-/m0/s1. The average molecular weight is 423 g/mol. The fourth-order valence-electron chi connectivity index (χ4n) is 3.60. The number of fused-ring (bicyclic) bond motifs is 1. The number of amides is 1. The van der Waals surface area contributed by atoms with Crippen LogP contribution in [-0.4, -0.2) is 40.6 Å². The molecule has 4 nitrogen and oxygen atoms in total. The van der Waals surface area contributed by atoms with Crippen molar-refractivity contribution in [2.24, 2.45) is 5.92 Å². The lowest BCUT2D eigenvalue weighted by Crippen LogP contribution is -2.47. The fraction of sp³-hybridized carbons (Fsp3) is 0.591. The number of alkyl halides is 3. The third kappa shape index (κ3) is 4.59. The van der Waals surface area contributed by atoms with E-state index in [9.17, 15) is 23.1 Å². The summed E-state index contributed by atoms with van der Waals surface area (Å²) < 4.78 is 46.9. The first-order valence-corrected chi connectivity index (χ1v) is 10.3. The summed E-state index contributed by atoms with van der Waals surface area (Å²) in [6, 6.07) is 2.63. The summed E-state index contributed by atoms with van der Waals surface area (Å²) in [6.07, 6.45) is -1.01. The molecule has 1 atom stereocenters. The van der Waals surface area contributed by atoms with Crippen LogP contribution in [-0.2, 0) is 17.4 Å². The molecule has 0 aromatic heterocycles. The van der Waals surface area contributed by atoms with E-state index in [0.717, 1.165) is 18.9 Å². The molecule has 1 aliphatic carbocycles. The van der Waals surface area contributed by atoms with Gasteiger partial charge in [-0.2, -0.15) is 13.2 Å². The van der Waals surface area contributed by atoms with Crippen molar-refractivity contribution in [2.45, 2.75) is 77.4 Å². The van der Waals surface area contributed by atoms with E-state index in [-0.39, 0.29) is 25.6 Å². The zero-order valence-corrected chi connectivity index (χ0v) is 18.1. The first-order valence-electron chi connectivity index (χ1n) is 10.3. The van der Waals surface area contributed by atoms with Crippen LogP contribution in [0.15, 0.2) is 18.1 Å². The summed E-state index contributed by atoms with van der Waals surface area (Å²) in [6.45, 7) is 8.89. The summed E-state index contributed by atoms with van der Waals surface area (Å²) >= 11 is 0. The highest BCUT2D eigenvalue weighted by molar-refractivity contribution is 6.35. The average Bonchev–Trinajstić information content (AvgIpc) is 3.40. The molecule has 3 rings (SSSR count). The van der Waals surface area contributed by atoms with Crippen LogP contribution in [0.5, 0.6) is 0 Å². The minimum atomic E-state index is -4.61. The third-order valence-corrected chi connectivity index (χ3v) is 6.48. The van der Waals surface area contributed by atoms with Crippen LogP contribution in [0, 0.1) is 5.92 Å². The smallest absolute Gasteiger partial charge is 0.417 e. The van der Waals surface area contributed by atoms with E-state index < -0.39 is 28.8 Å². The number of halogens is 3. The van der Waals surface area contributed by atoms with Crippen LogP contribution < -0.4 is 0 Å². The lowest BCUT2D eigenvalue weighted by Gasteiger charge is -2.37. The number of hydrogen-bond acceptors (Lipinski definition) is 3. The number of nitrogens with zero attached hydrogens (tertiary/aromatic N) is 1. The minimum Gasteiger partial charge on any atom is -0.427 e. The number of carbonyl (C=O) groups excluding carboxylic acids is 1. The second-order valence-electron chi connectivity index (χ2n) is 9.39. The van der Waals surface area contributed by atoms with Crippen molar-refractivity contribution in [1.29, 1.82) is 0 Å². The van der Waals surface area contributed by atoms with Crippen molar-refractivity contribution < 1.29 is 27.7 Å². The molecule has 1 aliphatic heterocycles. The molecule has 1 saturated carbocycles. The minimum absolute atomic E-state index is 0.0533. The summed E-state index contributed by atoms with van der Waals surface area (Å²) in [7, 11) is 0.138. The molecule has 0 bridgehead atoms. The Labute approximate surface area is 176 Å². The van der Waals surface area contributed by atoms with Crippen molar-refractivity contribution >= 4 is 19.5 Å². The van der Waals surface area contributed by atoms with E-state index in [1.807, 2.05) is 6.92 Å². The van der Waals surface area contributed by atoms with Gasteiger partial charge in [0.25, 0.3) is 5.91 Å². The van der Waals surface area contributed by atoms with E-state index in [1.54, 1.807) is 50.7 Å². The molecule has 0 saturated heterocycles. The van der Waals surface area contributed by atoms with Gasteiger partial charge < -0.3 is 14.7 Å². The number of rotatable bonds is 7. The molecular formula is C22H29BF3NO3. The van der Waals surface area contributed by atoms with Crippen molar-refractivity contribution in [3.05, 3.63) is 40.4 Å². The Bertz CT molecular complexity index is 854. The summed E-state index contributed by atoms with van der Waals surface area (Å²) in [5.74, 6) is 1.48. The zero-order chi connectivity index (χ0) is 22.5. The van der Waals surface area contributed by atoms with E-state index in [0.29, 0.717) is 17.0 Å². The van der Waals surface area contributed by atoms with Gasteiger partial charge in [0.1, 0.15) is 0 Å². The molecule has 1 aromatic carbocycles. The van der Waals surface area contributed by atoms with Crippen LogP contribution >= 0.6 is 0 Å². The highest BCUT2D eigenvalue weighted by Crippen LogP contribution is 2.42. The van der Waals surface area contributed by atoms with Gasteiger partial charge in [0, 0.05) is 12.6 Å². The highest BCUT2D eigenvalue weighted by Gasteiger charge is 2.44. The van der Waals surface area contributed by atoms with Gasteiger partial charge in [0.15, 0.2) is 0 Å². The molecule has 30 heavy (non-hydrogen) atoms. The molecular weight excluding hydrogens is 394 g/mol. The molecule has 164 valence electrons. The second-order valence-corrected chi connectivity index (χ2v) is 9.39. The topological polar surface area (TPSA) is 49.8 Å². The molecule has 1 N–H and O–H groups in total. The lowest BCUT2D eigenvalue weighted by atomic mass is 9.86. The normalized spacial score (nSPS) is 18.8. The molecule has 1 amide bonds. The molecule has 1 fully saturated rings. The van der Waals surface area contributed by atoms with E-state index in [2.05, 4.69) is 0 Å². The third-order valence-electron chi connectivity index (χ3n) is 6.48. The molecule has 0 spiro atoms. The highest BCUT2D eigenvalue weighted by atomic mass is 19.4. The SMILES string of the molecule is C[C@@H](C1CC1)N1Cc2cc(/C=C/BOC(C)(C)C(C)(C)O)cc(C(F)(F)F)c2C1=O. The van der Waals surface area contributed by atoms with E-state index >= 15 is 0 Å². The van der Waals surface area contributed by atoms with Gasteiger partial charge in [-0.15, -0.1) is 0 Å². The van der Waals surface area contributed by atoms with Crippen LogP contribution in [0.4, 0.5) is 13.2 Å². The Hall–Kier alpha value is -1.80. The largest absolute Gasteiger partial charge is 0.427 e. The predicted molar refractivity (Wildman–Crippen MR) is 111 cm³/mol. The van der Waals surface area contributed by atoms with Gasteiger partial charge in [-0.3, -0.25) is 4.79 Å². The zero-order valence-electron chi connectivity index (χ0n) is 18.1. The Kier molecular flexibility index (Phi) is 5.88. The predicted octanol–water partition coefficient (Wildman–Crippen LogP) is 4.35. The first-order chi connectivity index (χ1) is 13.7. The van der Waals surface area contributed by atoms with Crippen molar-refractivity contribution in [3.63, 3.8) is 0 Å². The van der Waals surface area contributed by atoms with Gasteiger partial charge in [-0.25, -0.2) is 0 Å². The Balaban J connectivity index is 1.83. The van der Waals surface area contributed by atoms with Gasteiger partial charge >= 0.3 is 13.7 Å².